The first-order valence-corrected chi connectivity index (χ1v) is 10.7. The van der Waals surface area contributed by atoms with Gasteiger partial charge in [-0.15, -0.1) is 21.5 Å². The van der Waals surface area contributed by atoms with E-state index in [2.05, 4.69) is 15.2 Å². The number of thioether (sulfide) groups is 2. The second-order valence-corrected chi connectivity index (χ2v) is 8.98. The lowest BCUT2D eigenvalue weighted by molar-refractivity contribution is -0.384. The van der Waals surface area contributed by atoms with Crippen LogP contribution >= 0.6 is 57.8 Å². The van der Waals surface area contributed by atoms with Crippen molar-refractivity contribution in [2.24, 2.45) is 0 Å². The highest BCUT2D eigenvalue weighted by Crippen LogP contribution is 2.33. The van der Waals surface area contributed by atoms with Crippen molar-refractivity contribution >= 4 is 63.5 Å². The summed E-state index contributed by atoms with van der Waals surface area (Å²) >= 11 is 12.1. The van der Waals surface area contributed by atoms with E-state index in [0.717, 1.165) is 13.7 Å². The summed E-state index contributed by atoms with van der Waals surface area (Å²) in [5.74, 6) is 0.684. The fourth-order valence-electron chi connectivity index (χ4n) is 1.78. The van der Waals surface area contributed by atoms with E-state index < -0.39 is 4.92 Å². The zero-order valence-electron chi connectivity index (χ0n) is 12.1. The molecule has 0 radical (unpaired) electrons. The molecule has 0 N–H and O–H groups in total. The number of hydrogen-bond acceptors (Lipinski definition) is 9. The van der Waals surface area contributed by atoms with Gasteiger partial charge in [0.2, 0.25) is 0 Å². The molecule has 2 aromatic heterocycles. The lowest BCUT2D eigenvalue weighted by atomic mass is 10.1. The van der Waals surface area contributed by atoms with Crippen molar-refractivity contribution in [2.45, 2.75) is 14.4 Å². The molecule has 6 nitrogen and oxygen atoms in total. The second-order valence-electron chi connectivity index (χ2n) is 4.38. The van der Waals surface area contributed by atoms with E-state index in [1.807, 2.05) is 11.6 Å². The normalized spacial score (nSPS) is 10.9. The quantitative estimate of drug-likeness (QED) is 0.308. The zero-order chi connectivity index (χ0) is 17.1. The van der Waals surface area contributed by atoms with Crippen molar-refractivity contribution in [1.29, 1.82) is 0 Å². The average Bonchev–Trinajstić information content (AvgIpc) is 3.22. The summed E-state index contributed by atoms with van der Waals surface area (Å²) < 4.78 is 1.84. The molecule has 0 saturated carbocycles. The molecule has 2 heterocycles. The van der Waals surface area contributed by atoms with Crippen molar-refractivity contribution < 1.29 is 4.92 Å². The summed E-state index contributed by atoms with van der Waals surface area (Å²) in [6, 6.07) is 4.70. The molecule has 0 unspecified atom stereocenters. The summed E-state index contributed by atoms with van der Waals surface area (Å²) in [5, 5.41) is 22.1. The van der Waals surface area contributed by atoms with E-state index in [4.69, 9.17) is 11.6 Å². The van der Waals surface area contributed by atoms with E-state index in [1.165, 1.54) is 23.5 Å². The van der Waals surface area contributed by atoms with Crippen LogP contribution in [-0.4, -0.2) is 26.4 Å². The second kappa shape index (κ2) is 7.79. The molecule has 3 aromatic rings. The summed E-state index contributed by atoms with van der Waals surface area (Å²) in [5.41, 5.74) is 1.27. The third-order valence-corrected chi connectivity index (χ3v) is 7.27. The molecule has 0 bridgehead atoms. The van der Waals surface area contributed by atoms with Crippen LogP contribution in [0, 0.1) is 10.1 Å². The van der Waals surface area contributed by atoms with Gasteiger partial charge in [-0.1, -0.05) is 52.5 Å². The number of halogens is 1. The van der Waals surface area contributed by atoms with E-state index >= 15 is 0 Å². The van der Waals surface area contributed by atoms with Gasteiger partial charge in [-0.25, -0.2) is 4.98 Å². The molecule has 0 saturated heterocycles. The summed E-state index contributed by atoms with van der Waals surface area (Å²) in [6.45, 7) is 0. The van der Waals surface area contributed by atoms with Crippen LogP contribution in [0.15, 0.2) is 32.3 Å². The molecule has 24 heavy (non-hydrogen) atoms. The molecule has 0 aliphatic carbocycles. The molecular formula is C13H9ClN4O2S4. The van der Waals surface area contributed by atoms with E-state index in [9.17, 15) is 10.1 Å². The van der Waals surface area contributed by atoms with Gasteiger partial charge in [0, 0.05) is 17.0 Å². The summed E-state index contributed by atoms with van der Waals surface area (Å²) in [7, 11) is 0. The number of benzene rings is 1. The number of nitrogens with zero attached hydrogens (tertiary/aromatic N) is 4. The maximum absolute atomic E-state index is 11.0. The smallest absolute Gasteiger partial charge is 0.258 e. The number of nitro benzene ring substituents is 1. The van der Waals surface area contributed by atoms with Crippen molar-refractivity contribution in [3.8, 4) is 11.3 Å². The predicted molar refractivity (Wildman–Crippen MR) is 100 cm³/mol. The topological polar surface area (TPSA) is 81.8 Å². The first-order chi connectivity index (χ1) is 11.6. The molecular weight excluding hydrogens is 408 g/mol. The van der Waals surface area contributed by atoms with Gasteiger partial charge in [-0.05, 0) is 12.3 Å². The van der Waals surface area contributed by atoms with Gasteiger partial charge in [0.05, 0.1) is 16.4 Å². The highest BCUT2D eigenvalue weighted by molar-refractivity contribution is 8.02. The van der Waals surface area contributed by atoms with Crippen LogP contribution < -0.4 is 0 Å². The first kappa shape index (κ1) is 17.6. The maximum Gasteiger partial charge on any atom is 0.288 e. The zero-order valence-corrected chi connectivity index (χ0v) is 16.2. The van der Waals surface area contributed by atoms with E-state index in [-0.39, 0.29) is 10.7 Å². The number of thiazole rings is 1. The van der Waals surface area contributed by atoms with Crippen molar-refractivity contribution in [3.63, 3.8) is 0 Å². The molecule has 0 fully saturated rings. The van der Waals surface area contributed by atoms with Gasteiger partial charge in [0.25, 0.3) is 5.69 Å². The fourth-order valence-corrected chi connectivity index (χ4v) is 5.23. The monoisotopic (exact) mass is 416 g/mol. The minimum atomic E-state index is -0.492. The number of hydrogen-bond donors (Lipinski definition) is 0. The van der Waals surface area contributed by atoms with Crippen molar-refractivity contribution in [1.82, 2.24) is 15.2 Å². The molecule has 124 valence electrons. The molecule has 0 spiro atoms. The Kier molecular flexibility index (Phi) is 5.72. The molecule has 0 amide bonds. The third-order valence-electron chi connectivity index (χ3n) is 2.87. The molecule has 0 aliphatic heterocycles. The van der Waals surface area contributed by atoms with Crippen LogP contribution in [0.3, 0.4) is 0 Å². The third kappa shape index (κ3) is 4.06. The van der Waals surface area contributed by atoms with E-state index in [1.54, 1.807) is 40.9 Å². The Hall–Kier alpha value is -1.20. The Balaban J connectivity index is 1.73. The van der Waals surface area contributed by atoms with Gasteiger partial charge in [0.15, 0.2) is 8.68 Å². The minimum absolute atomic E-state index is 0.114. The standard InChI is InChI=1S/C13H9ClN4O2S4/c1-21-12-16-17-13(24-12)23-6-11-15-9(5-22-11)7-2-3-8(14)10(4-7)18(19)20/h2-5H,6H2,1H3. The van der Waals surface area contributed by atoms with Crippen LogP contribution in [0.4, 0.5) is 5.69 Å². The van der Waals surface area contributed by atoms with E-state index in [0.29, 0.717) is 17.0 Å². The Morgan fingerprint density at radius 3 is 2.83 bits per heavy atom. The molecule has 0 aliphatic rings. The Labute approximate surface area is 158 Å². The SMILES string of the molecule is CSc1nnc(SCc2nc(-c3ccc(Cl)c([N+](=O)[O-])c3)cs2)s1. The fraction of sp³-hybridized carbons (Fsp3) is 0.154. The first-order valence-electron chi connectivity index (χ1n) is 6.46. The number of aromatic nitrogens is 3. The largest absolute Gasteiger partial charge is 0.288 e. The molecule has 11 heteroatoms. The van der Waals surface area contributed by atoms with Crippen LogP contribution in [0.2, 0.25) is 5.02 Å². The minimum Gasteiger partial charge on any atom is -0.258 e. The number of rotatable bonds is 6. The Morgan fingerprint density at radius 2 is 2.12 bits per heavy atom. The predicted octanol–water partition coefficient (Wildman–Crippen LogP) is 5.24. The summed E-state index contributed by atoms with van der Waals surface area (Å²) in [4.78, 5) is 15.0. The van der Waals surface area contributed by atoms with Crippen LogP contribution in [0.25, 0.3) is 11.3 Å². The average molecular weight is 417 g/mol. The maximum atomic E-state index is 11.0. The lowest BCUT2D eigenvalue weighted by Crippen LogP contribution is -1.90. The van der Waals surface area contributed by atoms with Crippen molar-refractivity contribution in [2.75, 3.05) is 6.26 Å². The van der Waals surface area contributed by atoms with Gasteiger partial charge < -0.3 is 0 Å². The van der Waals surface area contributed by atoms with Crippen LogP contribution in [0.1, 0.15) is 5.01 Å². The van der Waals surface area contributed by atoms with Gasteiger partial charge >= 0.3 is 0 Å². The molecule has 3 rings (SSSR count). The molecule has 0 atom stereocenters. The number of nitro groups is 1. The summed E-state index contributed by atoms with van der Waals surface area (Å²) in [6.07, 6.45) is 1.97. The van der Waals surface area contributed by atoms with Gasteiger partial charge in [-0.2, -0.15) is 0 Å². The van der Waals surface area contributed by atoms with Gasteiger partial charge in [0.1, 0.15) is 10.0 Å². The lowest BCUT2D eigenvalue weighted by Gasteiger charge is -1.99. The Bertz CT molecular complexity index is 882. The van der Waals surface area contributed by atoms with Crippen molar-refractivity contribution in [3.05, 3.63) is 43.7 Å². The molecule has 1 aromatic carbocycles. The highest BCUT2D eigenvalue weighted by Gasteiger charge is 2.15. The van der Waals surface area contributed by atoms with Crippen LogP contribution in [0.5, 0.6) is 0 Å². The van der Waals surface area contributed by atoms with Gasteiger partial charge in [-0.3, -0.25) is 10.1 Å². The van der Waals surface area contributed by atoms with Crippen LogP contribution in [-0.2, 0) is 5.75 Å². The Morgan fingerprint density at radius 1 is 1.33 bits per heavy atom. The highest BCUT2D eigenvalue weighted by atomic mass is 35.5.